The lowest BCUT2D eigenvalue weighted by atomic mass is 9.71. The first kappa shape index (κ1) is 16.9. The largest absolute Gasteiger partial charge is 0.477 e. The summed E-state index contributed by atoms with van der Waals surface area (Å²) in [6.07, 6.45) is -0.924. The molecule has 0 unspecified atom stereocenters. The number of carboxylic acid groups (broad SMARTS) is 1. The average Bonchev–Trinajstić information content (AvgIpc) is 2.57. The van der Waals surface area contributed by atoms with Crippen molar-refractivity contribution in [2.24, 2.45) is 23.3 Å². The second-order valence-corrected chi connectivity index (χ2v) is 6.21. The number of carboxylic acids is 1. The maximum absolute atomic E-state index is 12.3. The van der Waals surface area contributed by atoms with Gasteiger partial charge in [-0.05, 0) is 19.5 Å². The number of nitrogens with zero attached hydrogens (tertiary/aromatic N) is 2. The molecule has 2 aliphatic rings. The fourth-order valence-corrected chi connectivity index (χ4v) is 3.62. The Morgan fingerprint density at radius 2 is 2.14 bits per heavy atom. The lowest BCUT2D eigenvalue weighted by Gasteiger charge is -2.54. The molecule has 0 bridgehead atoms. The van der Waals surface area contributed by atoms with Gasteiger partial charge in [0.1, 0.15) is 17.3 Å². The number of hydrogen-bond acceptors (Lipinski definition) is 6. The third-order valence-electron chi connectivity index (χ3n) is 4.75. The average molecular weight is 312 g/mol. The summed E-state index contributed by atoms with van der Waals surface area (Å²) in [5.41, 5.74) is 11.2. The Bertz CT molecular complexity index is 533. The summed E-state index contributed by atoms with van der Waals surface area (Å²) in [4.78, 5) is 26.9. The zero-order valence-corrected chi connectivity index (χ0v) is 13.1. The highest BCUT2D eigenvalue weighted by molar-refractivity contribution is 6.01. The van der Waals surface area contributed by atoms with Crippen molar-refractivity contribution < 1.29 is 19.8 Å². The van der Waals surface area contributed by atoms with Crippen molar-refractivity contribution in [1.29, 1.82) is 0 Å². The van der Waals surface area contributed by atoms with Gasteiger partial charge in [-0.25, -0.2) is 4.79 Å². The van der Waals surface area contributed by atoms with E-state index in [1.165, 1.54) is 6.92 Å². The maximum atomic E-state index is 12.3. The van der Waals surface area contributed by atoms with Gasteiger partial charge in [0.15, 0.2) is 0 Å². The zero-order chi connectivity index (χ0) is 16.8. The van der Waals surface area contributed by atoms with Crippen molar-refractivity contribution in [2.45, 2.75) is 25.6 Å². The van der Waals surface area contributed by atoms with E-state index in [1.54, 1.807) is 6.92 Å². The molecule has 0 aromatic carbocycles. The van der Waals surface area contributed by atoms with E-state index < -0.39 is 29.6 Å². The molecule has 2 aliphatic heterocycles. The van der Waals surface area contributed by atoms with Gasteiger partial charge in [-0.1, -0.05) is 6.92 Å². The zero-order valence-electron chi connectivity index (χ0n) is 13.1. The van der Waals surface area contributed by atoms with E-state index in [0.717, 1.165) is 4.90 Å². The molecule has 0 saturated carbocycles. The molecule has 22 heavy (non-hydrogen) atoms. The number of amides is 1. The van der Waals surface area contributed by atoms with Crippen LogP contribution in [0.15, 0.2) is 11.3 Å². The van der Waals surface area contributed by atoms with Crippen LogP contribution in [0.4, 0.5) is 0 Å². The Kier molecular flexibility index (Phi) is 4.31. The van der Waals surface area contributed by atoms with Gasteiger partial charge in [0, 0.05) is 25.6 Å². The molecule has 2 heterocycles. The van der Waals surface area contributed by atoms with Gasteiger partial charge in [0.2, 0.25) is 5.91 Å². The van der Waals surface area contributed by atoms with Crippen LogP contribution in [0.5, 0.6) is 0 Å². The normalized spacial score (nSPS) is 32.3. The van der Waals surface area contributed by atoms with Gasteiger partial charge in [0.25, 0.3) is 0 Å². The Balaban J connectivity index is 2.40. The van der Waals surface area contributed by atoms with E-state index in [2.05, 4.69) is 0 Å². The standard InChI is InChI=1S/C14H24N4O4/c1-7-9(6-17(3)5-4-15)11(13(21)22)18-12(20)10(8(2)19)14(7,18)16/h7-8,10,19H,4-6,15-16H2,1-3H3,(H,21,22)/t7-,8+,10-,14+/m0/s1. The van der Waals surface area contributed by atoms with E-state index in [-0.39, 0.29) is 11.6 Å². The first-order chi connectivity index (χ1) is 10.2. The monoisotopic (exact) mass is 312 g/mol. The smallest absolute Gasteiger partial charge is 0.352 e. The van der Waals surface area contributed by atoms with Gasteiger partial charge >= 0.3 is 5.97 Å². The lowest BCUT2D eigenvalue weighted by Crippen LogP contribution is -2.78. The van der Waals surface area contributed by atoms with Crippen LogP contribution < -0.4 is 11.5 Å². The highest BCUT2D eigenvalue weighted by Gasteiger charge is 2.68. The molecule has 1 saturated heterocycles. The van der Waals surface area contributed by atoms with Crippen LogP contribution in [0.3, 0.4) is 0 Å². The molecule has 6 N–H and O–H groups in total. The number of likely N-dealkylation sites (N-methyl/N-ethyl adjacent to an activating group) is 1. The van der Waals surface area contributed by atoms with Crippen molar-refractivity contribution in [3.05, 3.63) is 11.3 Å². The molecule has 0 spiro atoms. The summed E-state index contributed by atoms with van der Waals surface area (Å²) in [6.45, 7) is 4.73. The predicted octanol–water partition coefficient (Wildman–Crippen LogP) is -1.64. The third kappa shape index (κ3) is 2.14. The van der Waals surface area contributed by atoms with Crippen molar-refractivity contribution in [3.63, 3.8) is 0 Å². The Hall–Kier alpha value is -1.48. The molecular formula is C14H24N4O4. The highest BCUT2D eigenvalue weighted by atomic mass is 16.4. The summed E-state index contributed by atoms with van der Waals surface area (Å²) in [7, 11) is 1.83. The van der Waals surface area contributed by atoms with Crippen LogP contribution in [0.2, 0.25) is 0 Å². The second-order valence-electron chi connectivity index (χ2n) is 6.21. The van der Waals surface area contributed by atoms with Crippen molar-refractivity contribution in [3.8, 4) is 0 Å². The van der Waals surface area contributed by atoms with E-state index in [0.29, 0.717) is 25.2 Å². The van der Waals surface area contributed by atoms with E-state index in [1.807, 2.05) is 11.9 Å². The SMILES string of the molecule is C[C@@H](O)[C@H]1C(=O)N2C(C(=O)O)=C(CN(C)CCN)[C@H](C)[C@]12N. The van der Waals surface area contributed by atoms with Gasteiger partial charge < -0.3 is 26.6 Å². The fourth-order valence-electron chi connectivity index (χ4n) is 3.62. The van der Waals surface area contributed by atoms with Crippen LogP contribution in [-0.2, 0) is 9.59 Å². The fraction of sp³-hybridized carbons (Fsp3) is 0.714. The van der Waals surface area contributed by atoms with Gasteiger partial charge in [-0.2, -0.15) is 0 Å². The maximum Gasteiger partial charge on any atom is 0.352 e. The van der Waals surface area contributed by atoms with E-state index in [9.17, 15) is 19.8 Å². The summed E-state index contributed by atoms with van der Waals surface area (Å²) in [6, 6.07) is 0. The summed E-state index contributed by atoms with van der Waals surface area (Å²) >= 11 is 0. The molecule has 1 amide bonds. The Morgan fingerprint density at radius 1 is 1.55 bits per heavy atom. The predicted molar refractivity (Wildman–Crippen MR) is 79.3 cm³/mol. The molecule has 2 rings (SSSR count). The number of aliphatic hydroxyl groups is 1. The number of carbonyl (C=O) groups is 2. The van der Waals surface area contributed by atoms with E-state index >= 15 is 0 Å². The quantitative estimate of drug-likeness (QED) is 0.432. The molecule has 4 atom stereocenters. The number of hydrogen-bond donors (Lipinski definition) is 4. The second kappa shape index (κ2) is 5.62. The topological polar surface area (TPSA) is 133 Å². The number of nitrogens with two attached hydrogens (primary N) is 2. The molecule has 0 aromatic heterocycles. The molecule has 0 aromatic rings. The van der Waals surface area contributed by atoms with Crippen molar-refractivity contribution in [2.75, 3.05) is 26.7 Å². The van der Waals surface area contributed by atoms with Crippen LogP contribution in [0.25, 0.3) is 0 Å². The molecule has 0 aliphatic carbocycles. The van der Waals surface area contributed by atoms with Crippen LogP contribution >= 0.6 is 0 Å². The third-order valence-corrected chi connectivity index (χ3v) is 4.75. The molecule has 0 radical (unpaired) electrons. The molecular weight excluding hydrogens is 288 g/mol. The molecule has 1 fully saturated rings. The molecule has 124 valence electrons. The van der Waals surface area contributed by atoms with Gasteiger partial charge in [-0.3, -0.25) is 9.69 Å². The minimum atomic E-state index is -1.17. The summed E-state index contributed by atoms with van der Waals surface area (Å²) in [5, 5.41) is 19.3. The lowest BCUT2D eigenvalue weighted by molar-refractivity contribution is -0.179. The molecule has 8 nitrogen and oxygen atoms in total. The van der Waals surface area contributed by atoms with Crippen LogP contribution in [0.1, 0.15) is 13.8 Å². The van der Waals surface area contributed by atoms with Crippen molar-refractivity contribution >= 4 is 11.9 Å². The van der Waals surface area contributed by atoms with Crippen LogP contribution in [0, 0.1) is 11.8 Å². The Morgan fingerprint density at radius 3 is 2.59 bits per heavy atom. The number of β-lactam (4-membered cyclic amide) rings is 1. The van der Waals surface area contributed by atoms with Gasteiger partial charge in [0.05, 0.1) is 6.10 Å². The summed E-state index contributed by atoms with van der Waals surface area (Å²) in [5.74, 6) is -2.74. The number of aliphatic hydroxyl groups excluding tert-OH is 1. The number of carbonyl (C=O) groups excluding carboxylic acids is 1. The minimum Gasteiger partial charge on any atom is -0.477 e. The number of fused-ring (bicyclic) bond motifs is 1. The minimum absolute atomic E-state index is 0.0548. The number of rotatable bonds is 6. The highest BCUT2D eigenvalue weighted by Crippen LogP contribution is 2.52. The Labute approximate surface area is 129 Å². The first-order valence-electron chi connectivity index (χ1n) is 7.33. The van der Waals surface area contributed by atoms with Gasteiger partial charge in [-0.15, -0.1) is 0 Å². The van der Waals surface area contributed by atoms with Crippen molar-refractivity contribution in [1.82, 2.24) is 9.80 Å². The molecule has 8 heteroatoms. The number of aliphatic carboxylic acids is 1. The summed E-state index contributed by atoms with van der Waals surface area (Å²) < 4.78 is 0. The van der Waals surface area contributed by atoms with E-state index in [4.69, 9.17) is 11.5 Å². The first-order valence-corrected chi connectivity index (χ1v) is 7.33. The van der Waals surface area contributed by atoms with Crippen LogP contribution in [-0.4, -0.2) is 70.3 Å².